The van der Waals surface area contributed by atoms with E-state index in [-0.39, 0.29) is 5.92 Å². The van der Waals surface area contributed by atoms with Crippen LogP contribution in [0.25, 0.3) is 0 Å². The van der Waals surface area contributed by atoms with Gasteiger partial charge in [0.2, 0.25) is 0 Å². The molecule has 0 fully saturated rings. The van der Waals surface area contributed by atoms with Crippen molar-refractivity contribution in [3.63, 3.8) is 0 Å². The first-order chi connectivity index (χ1) is 11.5. The summed E-state index contributed by atoms with van der Waals surface area (Å²) in [6.45, 7) is 3.89. The van der Waals surface area contributed by atoms with Crippen LogP contribution in [0.3, 0.4) is 0 Å². The Kier molecular flexibility index (Phi) is 4.76. The van der Waals surface area contributed by atoms with Gasteiger partial charge in [-0.25, -0.2) is 8.42 Å². The minimum absolute atomic E-state index is 0.273. The van der Waals surface area contributed by atoms with Crippen LogP contribution in [0, 0.1) is 13.8 Å². The highest BCUT2D eigenvalue weighted by molar-refractivity contribution is 7.92. The fourth-order valence-electron chi connectivity index (χ4n) is 3.12. The van der Waals surface area contributed by atoms with Crippen LogP contribution in [-0.4, -0.2) is 8.42 Å². The number of benzene rings is 2. The monoisotopic (exact) mass is 341 g/mol. The average molecular weight is 341 g/mol. The Bertz CT molecular complexity index is 852. The maximum absolute atomic E-state index is 12.8. The molecule has 3 nitrogen and oxygen atoms in total. The van der Waals surface area contributed by atoms with E-state index in [4.69, 9.17) is 0 Å². The molecule has 4 heteroatoms. The van der Waals surface area contributed by atoms with Crippen molar-refractivity contribution >= 4 is 15.7 Å². The van der Waals surface area contributed by atoms with Gasteiger partial charge in [0.05, 0.1) is 10.6 Å². The van der Waals surface area contributed by atoms with Gasteiger partial charge in [0.15, 0.2) is 0 Å². The molecule has 0 saturated heterocycles. The molecule has 1 N–H and O–H groups in total. The summed E-state index contributed by atoms with van der Waals surface area (Å²) >= 11 is 0. The maximum atomic E-state index is 12.8. The van der Waals surface area contributed by atoms with Crippen LogP contribution in [0.5, 0.6) is 0 Å². The average Bonchev–Trinajstić information content (AvgIpc) is 2.58. The molecule has 0 bridgehead atoms. The van der Waals surface area contributed by atoms with Crippen LogP contribution in [0.4, 0.5) is 5.69 Å². The van der Waals surface area contributed by atoms with Gasteiger partial charge in [-0.2, -0.15) is 0 Å². The first kappa shape index (κ1) is 16.8. The molecule has 2 aromatic carbocycles. The lowest BCUT2D eigenvalue weighted by Crippen LogP contribution is -2.16. The zero-order chi connectivity index (χ0) is 17.2. The van der Waals surface area contributed by atoms with Gasteiger partial charge >= 0.3 is 0 Å². The number of hydrogen-bond donors (Lipinski definition) is 1. The van der Waals surface area contributed by atoms with Gasteiger partial charge in [0.25, 0.3) is 10.0 Å². The quantitative estimate of drug-likeness (QED) is 0.802. The van der Waals surface area contributed by atoms with Gasteiger partial charge in [-0.15, -0.1) is 0 Å². The first-order valence-corrected chi connectivity index (χ1v) is 9.81. The molecule has 2 aromatic rings. The van der Waals surface area contributed by atoms with E-state index >= 15 is 0 Å². The molecule has 3 rings (SSSR count). The van der Waals surface area contributed by atoms with Crippen LogP contribution in [0.1, 0.15) is 41.9 Å². The standard InChI is InChI=1S/C20H23NO2S/c1-15-11-13-18(14-12-15)24(22,23)21-20-16(2)7-6-10-19(20)17-8-4-3-5-9-17/h4,6-8,10-14,17,21H,3,5,9H2,1-2H3. The number of para-hydroxylation sites is 1. The minimum Gasteiger partial charge on any atom is -0.279 e. The molecule has 24 heavy (non-hydrogen) atoms. The molecule has 0 amide bonds. The van der Waals surface area contributed by atoms with Crippen LogP contribution in [0.15, 0.2) is 59.5 Å². The lowest BCUT2D eigenvalue weighted by molar-refractivity contribution is 0.601. The summed E-state index contributed by atoms with van der Waals surface area (Å²) in [5, 5.41) is 0. The second kappa shape index (κ2) is 6.81. The Morgan fingerprint density at radius 3 is 2.46 bits per heavy atom. The highest BCUT2D eigenvalue weighted by Gasteiger charge is 2.21. The molecule has 1 atom stereocenters. The van der Waals surface area contributed by atoms with Crippen LogP contribution >= 0.6 is 0 Å². The van der Waals surface area contributed by atoms with E-state index in [0.29, 0.717) is 4.90 Å². The maximum Gasteiger partial charge on any atom is 0.261 e. The number of sulfonamides is 1. The predicted molar refractivity (Wildman–Crippen MR) is 98.9 cm³/mol. The summed E-state index contributed by atoms with van der Waals surface area (Å²) in [5.74, 6) is 0.273. The van der Waals surface area contributed by atoms with Crippen molar-refractivity contribution in [2.24, 2.45) is 0 Å². The summed E-state index contributed by atoms with van der Waals surface area (Å²) in [7, 11) is -3.59. The fraction of sp³-hybridized carbons (Fsp3) is 0.300. The summed E-state index contributed by atoms with van der Waals surface area (Å²) in [4.78, 5) is 0.293. The van der Waals surface area contributed by atoms with E-state index in [1.165, 1.54) is 0 Å². The van der Waals surface area contributed by atoms with E-state index in [9.17, 15) is 8.42 Å². The fourth-order valence-corrected chi connectivity index (χ4v) is 4.28. The molecule has 126 valence electrons. The number of rotatable bonds is 4. The third-order valence-corrected chi connectivity index (χ3v) is 5.89. The molecular weight excluding hydrogens is 318 g/mol. The van der Waals surface area contributed by atoms with Gasteiger partial charge in [-0.1, -0.05) is 48.0 Å². The van der Waals surface area contributed by atoms with Crippen molar-refractivity contribution in [3.8, 4) is 0 Å². The number of allylic oxidation sites excluding steroid dienone is 2. The van der Waals surface area contributed by atoms with Crippen molar-refractivity contribution in [2.45, 2.75) is 43.9 Å². The Morgan fingerprint density at radius 1 is 1.04 bits per heavy atom. The van der Waals surface area contributed by atoms with Crippen molar-refractivity contribution in [3.05, 3.63) is 71.3 Å². The third-order valence-electron chi connectivity index (χ3n) is 4.53. The molecule has 0 aliphatic heterocycles. The predicted octanol–water partition coefficient (Wildman–Crippen LogP) is 4.93. The van der Waals surface area contributed by atoms with E-state index in [0.717, 1.165) is 41.6 Å². The Labute approximate surface area is 144 Å². The first-order valence-electron chi connectivity index (χ1n) is 8.33. The number of nitrogens with one attached hydrogen (secondary N) is 1. The van der Waals surface area contributed by atoms with Gasteiger partial charge in [0.1, 0.15) is 0 Å². The van der Waals surface area contributed by atoms with E-state index < -0.39 is 10.0 Å². The molecule has 1 unspecified atom stereocenters. The Morgan fingerprint density at radius 2 is 1.79 bits per heavy atom. The summed E-state index contributed by atoms with van der Waals surface area (Å²) < 4.78 is 28.4. The molecule has 0 spiro atoms. The Hall–Kier alpha value is -2.07. The van der Waals surface area contributed by atoms with Gasteiger partial charge in [-0.05, 0) is 56.4 Å². The van der Waals surface area contributed by atoms with Crippen molar-refractivity contribution in [2.75, 3.05) is 4.72 Å². The third kappa shape index (κ3) is 3.54. The molecule has 1 aliphatic carbocycles. The zero-order valence-electron chi connectivity index (χ0n) is 14.1. The smallest absolute Gasteiger partial charge is 0.261 e. The molecule has 1 aliphatic rings. The Balaban J connectivity index is 1.98. The van der Waals surface area contributed by atoms with Crippen molar-refractivity contribution < 1.29 is 8.42 Å². The van der Waals surface area contributed by atoms with E-state index in [1.54, 1.807) is 12.1 Å². The summed E-state index contributed by atoms with van der Waals surface area (Å²) in [5.41, 5.74) is 3.76. The lowest BCUT2D eigenvalue weighted by atomic mass is 9.87. The second-order valence-electron chi connectivity index (χ2n) is 6.42. The molecule has 0 radical (unpaired) electrons. The largest absolute Gasteiger partial charge is 0.279 e. The van der Waals surface area contributed by atoms with E-state index in [1.807, 2.05) is 44.2 Å². The summed E-state index contributed by atoms with van der Waals surface area (Å²) in [6.07, 6.45) is 7.68. The highest BCUT2D eigenvalue weighted by Crippen LogP contribution is 2.35. The van der Waals surface area contributed by atoms with Gasteiger partial charge < -0.3 is 0 Å². The second-order valence-corrected chi connectivity index (χ2v) is 8.11. The van der Waals surface area contributed by atoms with Crippen molar-refractivity contribution in [1.29, 1.82) is 0 Å². The van der Waals surface area contributed by atoms with Gasteiger partial charge in [-0.3, -0.25) is 4.72 Å². The number of anilines is 1. The van der Waals surface area contributed by atoms with Crippen LogP contribution in [0.2, 0.25) is 0 Å². The molecule has 0 aromatic heterocycles. The van der Waals surface area contributed by atoms with Gasteiger partial charge in [0, 0.05) is 5.92 Å². The minimum atomic E-state index is -3.59. The topological polar surface area (TPSA) is 46.2 Å². The van der Waals surface area contributed by atoms with Crippen LogP contribution in [-0.2, 0) is 10.0 Å². The zero-order valence-corrected chi connectivity index (χ0v) is 14.9. The molecule has 0 heterocycles. The summed E-state index contributed by atoms with van der Waals surface area (Å²) in [6, 6.07) is 12.9. The molecule has 0 saturated carbocycles. The van der Waals surface area contributed by atoms with Crippen LogP contribution < -0.4 is 4.72 Å². The van der Waals surface area contributed by atoms with Crippen molar-refractivity contribution in [1.82, 2.24) is 0 Å². The number of aryl methyl sites for hydroxylation is 2. The SMILES string of the molecule is Cc1ccc(S(=O)(=O)Nc2c(C)cccc2C2C=CCCC2)cc1. The molecular formula is C20H23NO2S. The van der Waals surface area contributed by atoms with E-state index in [2.05, 4.69) is 16.9 Å². The normalized spacial score (nSPS) is 17.7. The number of hydrogen-bond acceptors (Lipinski definition) is 2. The lowest BCUT2D eigenvalue weighted by Gasteiger charge is -2.22. The highest BCUT2D eigenvalue weighted by atomic mass is 32.2.